The summed E-state index contributed by atoms with van der Waals surface area (Å²) in [5.74, 6) is -0.285. The largest absolute Gasteiger partial charge is 0.467 e. The van der Waals surface area contributed by atoms with Gasteiger partial charge >= 0.3 is 0 Å². The fourth-order valence-corrected chi connectivity index (χ4v) is 2.84. The van der Waals surface area contributed by atoms with E-state index in [9.17, 15) is 14.0 Å². The number of carbonyl (C=O) groups is 2. The molecule has 158 valence electrons. The van der Waals surface area contributed by atoms with Crippen molar-refractivity contribution in [1.82, 2.24) is 20.3 Å². The fraction of sp³-hybridized carbons (Fsp3) is 0.143. The minimum absolute atomic E-state index is 0.0144. The number of aromatic nitrogens is 3. The Labute approximate surface area is 175 Å². The Morgan fingerprint density at radius 1 is 1.16 bits per heavy atom. The van der Waals surface area contributed by atoms with Crippen LogP contribution in [-0.4, -0.2) is 26.8 Å². The highest BCUT2D eigenvalue weighted by Crippen LogP contribution is 2.20. The van der Waals surface area contributed by atoms with Gasteiger partial charge < -0.3 is 19.6 Å². The van der Waals surface area contributed by atoms with Crippen molar-refractivity contribution in [2.75, 3.05) is 5.32 Å². The average Bonchev–Trinajstić information content (AvgIpc) is 3.49. The highest BCUT2D eigenvalue weighted by atomic mass is 19.1. The van der Waals surface area contributed by atoms with Crippen LogP contribution in [0.2, 0.25) is 0 Å². The summed E-state index contributed by atoms with van der Waals surface area (Å²) in [5, 5.41) is 13.4. The lowest BCUT2D eigenvalue weighted by molar-refractivity contribution is -0.122. The first-order valence-corrected chi connectivity index (χ1v) is 9.35. The van der Waals surface area contributed by atoms with Crippen molar-refractivity contribution in [3.63, 3.8) is 0 Å². The van der Waals surface area contributed by atoms with Crippen molar-refractivity contribution in [2.45, 2.75) is 20.0 Å². The number of amides is 2. The van der Waals surface area contributed by atoms with Gasteiger partial charge in [0.25, 0.3) is 5.91 Å². The molecule has 3 aromatic heterocycles. The topological polar surface area (TPSA) is 115 Å². The molecule has 0 spiro atoms. The van der Waals surface area contributed by atoms with E-state index in [1.807, 2.05) is 0 Å². The van der Waals surface area contributed by atoms with Crippen molar-refractivity contribution < 1.29 is 22.9 Å². The maximum atomic E-state index is 13.1. The number of rotatable bonds is 7. The normalized spacial score (nSPS) is 10.8. The van der Waals surface area contributed by atoms with E-state index < -0.39 is 5.91 Å². The predicted molar refractivity (Wildman–Crippen MR) is 107 cm³/mol. The SMILES string of the molecule is Cc1cc(NC(=O)c2cc(-c3ccc(F)cc3)no2)nn1CC(=O)NCc1ccco1. The number of nitrogens with one attached hydrogen (secondary N) is 2. The second kappa shape index (κ2) is 8.66. The van der Waals surface area contributed by atoms with Crippen LogP contribution in [0.15, 0.2) is 63.7 Å². The van der Waals surface area contributed by atoms with Crippen LogP contribution in [0.25, 0.3) is 11.3 Å². The smallest absolute Gasteiger partial charge is 0.295 e. The molecule has 0 unspecified atom stereocenters. The zero-order valence-electron chi connectivity index (χ0n) is 16.5. The lowest BCUT2D eigenvalue weighted by Crippen LogP contribution is -2.27. The van der Waals surface area contributed by atoms with E-state index in [0.29, 0.717) is 22.7 Å². The van der Waals surface area contributed by atoms with Gasteiger partial charge in [-0.3, -0.25) is 14.3 Å². The van der Waals surface area contributed by atoms with Crippen LogP contribution in [0, 0.1) is 12.7 Å². The quantitative estimate of drug-likeness (QED) is 0.472. The number of anilines is 1. The predicted octanol–water partition coefficient (Wildman–Crippen LogP) is 3.15. The van der Waals surface area contributed by atoms with Gasteiger partial charge in [-0.25, -0.2) is 4.39 Å². The summed E-state index contributed by atoms with van der Waals surface area (Å²) in [6.45, 7) is 2.03. The summed E-state index contributed by atoms with van der Waals surface area (Å²) < 4.78 is 24.8. The summed E-state index contributed by atoms with van der Waals surface area (Å²) in [7, 11) is 0. The van der Waals surface area contributed by atoms with Crippen LogP contribution in [0.5, 0.6) is 0 Å². The highest BCUT2D eigenvalue weighted by molar-refractivity contribution is 6.02. The molecule has 4 rings (SSSR count). The van der Waals surface area contributed by atoms with Crippen molar-refractivity contribution >= 4 is 17.6 Å². The number of hydrogen-bond acceptors (Lipinski definition) is 6. The van der Waals surface area contributed by atoms with Gasteiger partial charge in [-0.1, -0.05) is 5.16 Å². The van der Waals surface area contributed by atoms with Gasteiger partial charge in [0.1, 0.15) is 23.8 Å². The number of aryl methyl sites for hydroxylation is 1. The molecule has 0 radical (unpaired) electrons. The summed E-state index contributed by atoms with van der Waals surface area (Å²) in [6.07, 6.45) is 1.53. The number of benzene rings is 1. The molecule has 3 heterocycles. The Balaban J connectivity index is 1.37. The van der Waals surface area contributed by atoms with Crippen LogP contribution in [0.1, 0.15) is 22.0 Å². The van der Waals surface area contributed by atoms with Crippen LogP contribution >= 0.6 is 0 Å². The lowest BCUT2D eigenvalue weighted by Gasteiger charge is -2.05. The number of carbonyl (C=O) groups excluding carboxylic acids is 2. The van der Waals surface area contributed by atoms with Crippen LogP contribution in [0.3, 0.4) is 0 Å². The molecule has 2 amide bonds. The molecule has 1 aromatic carbocycles. The van der Waals surface area contributed by atoms with E-state index >= 15 is 0 Å². The molecule has 0 atom stereocenters. The van der Waals surface area contributed by atoms with E-state index in [2.05, 4.69) is 20.9 Å². The van der Waals surface area contributed by atoms with E-state index in [1.165, 1.54) is 41.3 Å². The third-order valence-corrected chi connectivity index (χ3v) is 4.43. The monoisotopic (exact) mass is 423 g/mol. The molecule has 4 aromatic rings. The summed E-state index contributed by atoms with van der Waals surface area (Å²) in [5.41, 5.74) is 1.71. The van der Waals surface area contributed by atoms with E-state index in [0.717, 1.165) is 0 Å². The van der Waals surface area contributed by atoms with Crippen molar-refractivity contribution in [3.8, 4) is 11.3 Å². The molecular formula is C21H18FN5O4. The number of halogens is 1. The standard InChI is InChI=1S/C21H18FN5O4/c1-13-9-19(25-27(13)12-20(28)23-11-16-3-2-8-30-16)24-21(29)18-10-17(26-31-18)14-4-6-15(22)7-5-14/h2-10H,11-12H2,1H3,(H,23,28)(H,24,25,29). The zero-order chi connectivity index (χ0) is 21.8. The molecule has 0 aliphatic heterocycles. The molecule has 10 heteroatoms. The van der Waals surface area contributed by atoms with Gasteiger partial charge in [-0.05, 0) is 43.3 Å². The Hall–Kier alpha value is -4.21. The lowest BCUT2D eigenvalue weighted by atomic mass is 10.1. The second-order valence-corrected chi connectivity index (χ2v) is 6.72. The van der Waals surface area contributed by atoms with Crippen molar-refractivity contribution in [3.05, 3.63) is 77.8 Å². The summed E-state index contributed by atoms with van der Waals surface area (Å²) in [4.78, 5) is 24.6. The number of hydrogen-bond donors (Lipinski definition) is 2. The van der Waals surface area contributed by atoms with Gasteiger partial charge in [-0.2, -0.15) is 5.10 Å². The highest BCUT2D eigenvalue weighted by Gasteiger charge is 2.17. The van der Waals surface area contributed by atoms with Crippen molar-refractivity contribution in [1.29, 1.82) is 0 Å². The molecule has 0 saturated heterocycles. The molecule has 9 nitrogen and oxygen atoms in total. The molecule has 0 fully saturated rings. The van der Waals surface area contributed by atoms with Gasteiger partial charge in [0.15, 0.2) is 5.82 Å². The van der Waals surface area contributed by atoms with Crippen LogP contribution in [0.4, 0.5) is 10.2 Å². The Kier molecular flexibility index (Phi) is 5.61. The Morgan fingerprint density at radius 3 is 2.71 bits per heavy atom. The van der Waals surface area contributed by atoms with Gasteiger partial charge in [-0.15, -0.1) is 0 Å². The third kappa shape index (κ3) is 4.86. The maximum absolute atomic E-state index is 13.1. The molecular weight excluding hydrogens is 405 g/mol. The molecule has 0 aliphatic rings. The maximum Gasteiger partial charge on any atom is 0.295 e. The first-order chi connectivity index (χ1) is 15.0. The van der Waals surface area contributed by atoms with E-state index in [4.69, 9.17) is 8.94 Å². The van der Waals surface area contributed by atoms with Crippen LogP contribution < -0.4 is 10.6 Å². The first kappa shape index (κ1) is 20.1. The molecule has 31 heavy (non-hydrogen) atoms. The second-order valence-electron chi connectivity index (χ2n) is 6.72. The molecule has 2 N–H and O–H groups in total. The van der Waals surface area contributed by atoms with Crippen molar-refractivity contribution in [2.24, 2.45) is 0 Å². The first-order valence-electron chi connectivity index (χ1n) is 9.35. The Morgan fingerprint density at radius 2 is 1.97 bits per heavy atom. The minimum Gasteiger partial charge on any atom is -0.467 e. The molecule has 0 bridgehead atoms. The minimum atomic E-state index is -0.548. The fourth-order valence-electron chi connectivity index (χ4n) is 2.84. The average molecular weight is 423 g/mol. The van der Waals surface area contributed by atoms with Crippen LogP contribution in [-0.2, 0) is 17.9 Å². The molecule has 0 aliphatic carbocycles. The Bertz CT molecular complexity index is 1200. The third-order valence-electron chi connectivity index (χ3n) is 4.43. The van der Waals surface area contributed by atoms with E-state index in [1.54, 1.807) is 25.1 Å². The number of nitrogens with zero attached hydrogens (tertiary/aromatic N) is 3. The zero-order valence-corrected chi connectivity index (χ0v) is 16.5. The number of furan rings is 1. The van der Waals surface area contributed by atoms with Gasteiger partial charge in [0.2, 0.25) is 11.7 Å². The summed E-state index contributed by atoms with van der Waals surface area (Å²) >= 11 is 0. The van der Waals surface area contributed by atoms with Gasteiger partial charge in [0, 0.05) is 23.4 Å². The van der Waals surface area contributed by atoms with E-state index in [-0.39, 0.29) is 36.4 Å². The van der Waals surface area contributed by atoms with Gasteiger partial charge in [0.05, 0.1) is 12.8 Å². The molecule has 0 saturated carbocycles. The summed E-state index contributed by atoms with van der Waals surface area (Å²) in [6, 6.07) is 12.3.